The van der Waals surface area contributed by atoms with Crippen molar-refractivity contribution >= 4 is 23.3 Å². The summed E-state index contributed by atoms with van der Waals surface area (Å²) >= 11 is 0. The number of rotatable bonds is 2. The lowest BCUT2D eigenvalue weighted by Crippen LogP contribution is -2.34. The van der Waals surface area contributed by atoms with Crippen LogP contribution >= 0.6 is 12.4 Å². The minimum Gasteiger partial charge on any atom is -0.497 e. The van der Waals surface area contributed by atoms with Gasteiger partial charge in [0.15, 0.2) is 0 Å². The second-order valence-electron chi connectivity index (χ2n) is 3.95. The fraction of sp³-hybridized carbons (Fsp3) is 0.333. The zero-order chi connectivity index (χ0) is 10.3. The Morgan fingerprint density at radius 2 is 2.19 bits per heavy atom. The molecule has 0 aliphatic carbocycles. The van der Waals surface area contributed by atoms with Crippen molar-refractivity contribution < 1.29 is 4.74 Å². The molecule has 0 spiro atoms. The highest BCUT2D eigenvalue weighted by Crippen LogP contribution is 2.31. The molecule has 2 heterocycles. The first kappa shape index (κ1) is 11.3. The van der Waals surface area contributed by atoms with Gasteiger partial charge in [-0.05, 0) is 36.7 Å². The van der Waals surface area contributed by atoms with Crippen molar-refractivity contribution in [3.8, 4) is 5.75 Å². The number of benzene rings is 1. The molecule has 4 heteroatoms. The van der Waals surface area contributed by atoms with E-state index in [-0.39, 0.29) is 12.4 Å². The van der Waals surface area contributed by atoms with Crippen LogP contribution in [-0.2, 0) is 0 Å². The summed E-state index contributed by atoms with van der Waals surface area (Å²) in [7, 11) is 1.70. The number of aromatic nitrogens is 1. The Bertz CT molecular complexity index is 491. The maximum absolute atomic E-state index is 5.24. The molecule has 3 rings (SSSR count). The quantitative estimate of drug-likeness (QED) is 0.844. The average Bonchev–Trinajstić information content (AvgIpc) is 2.59. The van der Waals surface area contributed by atoms with Crippen molar-refractivity contribution in [2.24, 2.45) is 0 Å². The largest absolute Gasteiger partial charge is 0.497 e. The third-order valence-electron chi connectivity index (χ3n) is 3.12. The first-order valence-electron chi connectivity index (χ1n) is 5.27. The van der Waals surface area contributed by atoms with Gasteiger partial charge >= 0.3 is 0 Å². The normalized spacial score (nSPS) is 18.9. The van der Waals surface area contributed by atoms with Gasteiger partial charge in [0.05, 0.1) is 7.11 Å². The monoisotopic (exact) mass is 238 g/mol. The number of methoxy groups -OCH3 is 1. The summed E-state index contributed by atoms with van der Waals surface area (Å²) in [6, 6.07) is 6.67. The molecule has 86 valence electrons. The molecule has 1 saturated heterocycles. The fourth-order valence-corrected chi connectivity index (χ4v) is 2.09. The van der Waals surface area contributed by atoms with Crippen molar-refractivity contribution in [2.45, 2.75) is 12.5 Å². The lowest BCUT2D eigenvalue weighted by Gasteiger charge is -2.27. The number of nitrogens with one attached hydrogen (secondary N) is 2. The predicted octanol–water partition coefficient (Wildman–Crippen LogP) is 2.63. The maximum Gasteiger partial charge on any atom is 0.119 e. The van der Waals surface area contributed by atoms with Gasteiger partial charge in [-0.2, -0.15) is 0 Å². The van der Waals surface area contributed by atoms with Crippen LogP contribution in [0.2, 0.25) is 0 Å². The van der Waals surface area contributed by atoms with E-state index in [2.05, 4.69) is 28.6 Å². The number of H-pyrrole nitrogens is 1. The Morgan fingerprint density at radius 3 is 2.81 bits per heavy atom. The first-order valence-corrected chi connectivity index (χ1v) is 5.27. The summed E-state index contributed by atoms with van der Waals surface area (Å²) in [5.41, 5.74) is 2.54. The maximum atomic E-state index is 5.24. The van der Waals surface area contributed by atoms with E-state index in [1.807, 2.05) is 6.07 Å². The van der Waals surface area contributed by atoms with Crippen LogP contribution in [-0.4, -0.2) is 18.6 Å². The van der Waals surface area contributed by atoms with Crippen LogP contribution in [0, 0.1) is 0 Å². The van der Waals surface area contributed by atoms with Gasteiger partial charge < -0.3 is 15.0 Å². The summed E-state index contributed by atoms with van der Waals surface area (Å²) in [6.45, 7) is 1.13. The molecule has 16 heavy (non-hydrogen) atoms. The molecule has 1 atom stereocenters. The Kier molecular flexibility index (Phi) is 3.08. The Balaban J connectivity index is 0.000000963. The summed E-state index contributed by atoms with van der Waals surface area (Å²) in [6.07, 6.45) is 3.32. The Hall–Kier alpha value is -1.19. The third-order valence-corrected chi connectivity index (χ3v) is 3.12. The molecule has 0 unspecified atom stereocenters. The lowest BCUT2D eigenvalue weighted by atomic mass is 9.97. The average molecular weight is 239 g/mol. The van der Waals surface area contributed by atoms with Gasteiger partial charge in [0, 0.05) is 23.1 Å². The molecule has 2 N–H and O–H groups in total. The van der Waals surface area contributed by atoms with Crippen LogP contribution in [0.25, 0.3) is 10.9 Å². The molecule has 1 aromatic heterocycles. The van der Waals surface area contributed by atoms with Crippen LogP contribution < -0.4 is 10.1 Å². The van der Waals surface area contributed by atoms with Gasteiger partial charge in [0.2, 0.25) is 0 Å². The zero-order valence-corrected chi connectivity index (χ0v) is 9.93. The SMILES string of the molecule is COc1ccc2[nH]cc([C@@H]3CCN3)c2c1.Cl. The van der Waals surface area contributed by atoms with Crippen LogP contribution in [0.1, 0.15) is 18.0 Å². The lowest BCUT2D eigenvalue weighted by molar-refractivity contribution is 0.385. The molecule has 0 saturated carbocycles. The highest BCUT2D eigenvalue weighted by atomic mass is 35.5. The van der Waals surface area contributed by atoms with E-state index in [1.165, 1.54) is 22.9 Å². The molecule has 1 aliphatic rings. The standard InChI is InChI=1S/C12H14N2O.ClH/c1-15-8-2-3-11-9(6-8)10(7-14-11)12-4-5-13-12;/h2-3,6-7,12-14H,4-5H2,1H3;1H/t12-;/m0./s1. The van der Waals surface area contributed by atoms with Crippen molar-refractivity contribution in [3.05, 3.63) is 30.0 Å². The Labute approximate surface area is 101 Å². The van der Waals surface area contributed by atoms with Crippen molar-refractivity contribution in [3.63, 3.8) is 0 Å². The highest BCUT2D eigenvalue weighted by Gasteiger charge is 2.21. The van der Waals surface area contributed by atoms with E-state index >= 15 is 0 Å². The molecule has 1 aliphatic heterocycles. The van der Waals surface area contributed by atoms with E-state index in [4.69, 9.17) is 4.74 Å². The minimum absolute atomic E-state index is 0. The van der Waals surface area contributed by atoms with Crippen LogP contribution in [0.5, 0.6) is 5.75 Å². The predicted molar refractivity (Wildman–Crippen MR) is 67.5 cm³/mol. The van der Waals surface area contributed by atoms with Gasteiger partial charge in [0.1, 0.15) is 5.75 Å². The number of fused-ring (bicyclic) bond motifs is 1. The van der Waals surface area contributed by atoms with Gasteiger partial charge in [0.25, 0.3) is 0 Å². The molecule has 0 amide bonds. The van der Waals surface area contributed by atoms with Crippen LogP contribution in [0.4, 0.5) is 0 Å². The number of aromatic amines is 1. The van der Waals surface area contributed by atoms with Gasteiger partial charge in [-0.3, -0.25) is 0 Å². The van der Waals surface area contributed by atoms with Crippen molar-refractivity contribution in [2.75, 3.05) is 13.7 Å². The number of hydrogen-bond donors (Lipinski definition) is 2. The smallest absolute Gasteiger partial charge is 0.119 e. The van der Waals surface area contributed by atoms with Gasteiger partial charge in [-0.25, -0.2) is 0 Å². The minimum atomic E-state index is 0. The third kappa shape index (κ3) is 1.66. The van der Waals surface area contributed by atoms with Crippen LogP contribution in [0.15, 0.2) is 24.4 Å². The van der Waals surface area contributed by atoms with E-state index in [1.54, 1.807) is 7.11 Å². The summed E-state index contributed by atoms with van der Waals surface area (Å²) in [5, 5.41) is 4.69. The van der Waals surface area contributed by atoms with Gasteiger partial charge in [-0.15, -0.1) is 12.4 Å². The van der Waals surface area contributed by atoms with Crippen molar-refractivity contribution in [1.29, 1.82) is 0 Å². The molecule has 1 fully saturated rings. The Morgan fingerprint density at radius 1 is 1.38 bits per heavy atom. The van der Waals surface area contributed by atoms with E-state index in [0.717, 1.165) is 12.3 Å². The van der Waals surface area contributed by atoms with E-state index < -0.39 is 0 Å². The fourth-order valence-electron chi connectivity index (χ4n) is 2.09. The van der Waals surface area contributed by atoms with Gasteiger partial charge in [-0.1, -0.05) is 0 Å². The molecule has 2 aromatic rings. The summed E-state index contributed by atoms with van der Waals surface area (Å²) in [4.78, 5) is 3.29. The zero-order valence-electron chi connectivity index (χ0n) is 9.12. The molecular formula is C12H15ClN2O. The van der Waals surface area contributed by atoms with E-state index in [0.29, 0.717) is 6.04 Å². The molecular weight excluding hydrogens is 224 g/mol. The first-order chi connectivity index (χ1) is 7.38. The highest BCUT2D eigenvalue weighted by molar-refractivity contribution is 5.85. The molecule has 0 bridgehead atoms. The second kappa shape index (κ2) is 4.36. The number of halogens is 1. The summed E-state index contributed by atoms with van der Waals surface area (Å²) in [5.74, 6) is 0.919. The van der Waals surface area contributed by atoms with E-state index in [9.17, 15) is 0 Å². The molecule has 3 nitrogen and oxygen atoms in total. The second-order valence-corrected chi connectivity index (χ2v) is 3.95. The number of ether oxygens (including phenoxy) is 1. The summed E-state index contributed by atoms with van der Waals surface area (Å²) < 4.78 is 5.24. The van der Waals surface area contributed by atoms with Crippen LogP contribution in [0.3, 0.4) is 0 Å². The molecule has 1 aromatic carbocycles. The topological polar surface area (TPSA) is 37.0 Å². The van der Waals surface area contributed by atoms with Crippen molar-refractivity contribution in [1.82, 2.24) is 10.3 Å². The number of hydrogen-bond acceptors (Lipinski definition) is 2. The molecule has 0 radical (unpaired) electrons.